The van der Waals surface area contributed by atoms with E-state index in [2.05, 4.69) is 12.2 Å². The summed E-state index contributed by atoms with van der Waals surface area (Å²) in [5, 5.41) is 2.95. The standard InChI is InChI=1S/C16H30N2O2S/c1-8-11(9-21-7)18-12(10(2)3)14(19)17-13(15(18)20)16(4,5)6/h10-13H,8-9H2,1-7H3,(H,17,19). The van der Waals surface area contributed by atoms with Crippen LogP contribution in [-0.2, 0) is 9.59 Å². The summed E-state index contributed by atoms with van der Waals surface area (Å²) in [6.07, 6.45) is 2.92. The SMILES string of the molecule is CCC(CSC)N1C(=O)C(C(C)(C)C)NC(=O)C1C(C)C. The van der Waals surface area contributed by atoms with Crippen LogP contribution in [0.2, 0.25) is 0 Å². The van der Waals surface area contributed by atoms with Gasteiger partial charge in [0.15, 0.2) is 0 Å². The van der Waals surface area contributed by atoms with E-state index in [9.17, 15) is 9.59 Å². The normalized spacial score (nSPS) is 25.2. The minimum absolute atomic E-state index is 0.0101. The molecule has 0 saturated carbocycles. The van der Waals surface area contributed by atoms with Crippen molar-refractivity contribution in [3.8, 4) is 0 Å². The first-order valence-corrected chi connectivity index (χ1v) is 9.16. The van der Waals surface area contributed by atoms with Gasteiger partial charge in [-0.15, -0.1) is 0 Å². The lowest BCUT2D eigenvalue weighted by atomic mass is 9.82. The average molecular weight is 314 g/mol. The number of thioether (sulfide) groups is 1. The van der Waals surface area contributed by atoms with E-state index in [4.69, 9.17) is 0 Å². The van der Waals surface area contributed by atoms with E-state index in [0.29, 0.717) is 0 Å². The quantitative estimate of drug-likeness (QED) is 0.848. The molecule has 3 unspecified atom stereocenters. The van der Waals surface area contributed by atoms with Gasteiger partial charge in [-0.1, -0.05) is 41.5 Å². The Morgan fingerprint density at radius 1 is 1.29 bits per heavy atom. The molecule has 0 radical (unpaired) electrons. The Kier molecular flexibility index (Phi) is 6.14. The zero-order valence-electron chi connectivity index (χ0n) is 14.4. The summed E-state index contributed by atoms with van der Waals surface area (Å²) in [6.45, 7) is 12.1. The molecule has 0 bridgehead atoms. The molecule has 122 valence electrons. The molecule has 5 heteroatoms. The van der Waals surface area contributed by atoms with Crippen molar-refractivity contribution < 1.29 is 9.59 Å². The number of rotatable bonds is 5. The molecule has 1 N–H and O–H groups in total. The van der Waals surface area contributed by atoms with Gasteiger partial charge in [-0.3, -0.25) is 9.59 Å². The number of hydrogen-bond acceptors (Lipinski definition) is 3. The van der Waals surface area contributed by atoms with Crippen molar-refractivity contribution in [3.63, 3.8) is 0 Å². The van der Waals surface area contributed by atoms with Crippen LogP contribution in [0.5, 0.6) is 0 Å². The zero-order valence-corrected chi connectivity index (χ0v) is 15.2. The molecule has 1 heterocycles. The van der Waals surface area contributed by atoms with Crippen molar-refractivity contribution in [2.24, 2.45) is 11.3 Å². The van der Waals surface area contributed by atoms with Gasteiger partial charge in [0.25, 0.3) is 0 Å². The van der Waals surface area contributed by atoms with E-state index < -0.39 is 6.04 Å². The van der Waals surface area contributed by atoms with Gasteiger partial charge < -0.3 is 10.2 Å². The Labute approximate surface area is 133 Å². The van der Waals surface area contributed by atoms with Gasteiger partial charge >= 0.3 is 0 Å². The Morgan fingerprint density at radius 2 is 1.86 bits per heavy atom. The van der Waals surface area contributed by atoms with Crippen molar-refractivity contribution in [1.29, 1.82) is 0 Å². The maximum Gasteiger partial charge on any atom is 0.246 e. The van der Waals surface area contributed by atoms with E-state index in [1.165, 1.54) is 0 Å². The molecule has 0 aromatic heterocycles. The van der Waals surface area contributed by atoms with Crippen LogP contribution in [-0.4, -0.2) is 46.8 Å². The molecule has 4 nitrogen and oxygen atoms in total. The molecule has 1 fully saturated rings. The largest absolute Gasteiger partial charge is 0.342 e. The fraction of sp³-hybridized carbons (Fsp3) is 0.875. The van der Waals surface area contributed by atoms with Crippen LogP contribution in [0, 0.1) is 11.3 Å². The Balaban J connectivity index is 3.20. The molecule has 21 heavy (non-hydrogen) atoms. The molecule has 1 aliphatic heterocycles. The number of piperazine rings is 1. The summed E-state index contributed by atoms with van der Waals surface area (Å²) < 4.78 is 0. The average Bonchev–Trinajstić information content (AvgIpc) is 2.36. The molecule has 3 atom stereocenters. The van der Waals surface area contributed by atoms with E-state index in [-0.39, 0.29) is 35.2 Å². The second kappa shape index (κ2) is 7.03. The highest BCUT2D eigenvalue weighted by molar-refractivity contribution is 7.98. The van der Waals surface area contributed by atoms with E-state index >= 15 is 0 Å². The van der Waals surface area contributed by atoms with Crippen molar-refractivity contribution in [2.45, 2.75) is 66.1 Å². The highest BCUT2D eigenvalue weighted by Gasteiger charge is 2.47. The molecular weight excluding hydrogens is 284 g/mol. The van der Waals surface area contributed by atoms with Crippen LogP contribution in [0.1, 0.15) is 48.0 Å². The third-order valence-electron chi connectivity index (χ3n) is 4.08. The molecule has 0 spiro atoms. The first-order chi connectivity index (χ1) is 9.65. The first kappa shape index (κ1) is 18.3. The van der Waals surface area contributed by atoms with Gasteiger partial charge in [-0.2, -0.15) is 11.8 Å². The number of carbonyl (C=O) groups excluding carboxylic acids is 2. The van der Waals surface area contributed by atoms with Crippen LogP contribution in [0.4, 0.5) is 0 Å². The van der Waals surface area contributed by atoms with Crippen LogP contribution in [0.25, 0.3) is 0 Å². The lowest BCUT2D eigenvalue weighted by Gasteiger charge is -2.47. The number of nitrogens with zero attached hydrogens (tertiary/aromatic N) is 1. The molecule has 0 aromatic carbocycles. The van der Waals surface area contributed by atoms with E-state index in [0.717, 1.165) is 12.2 Å². The molecule has 2 amide bonds. The van der Waals surface area contributed by atoms with Gasteiger partial charge in [-0.25, -0.2) is 0 Å². The summed E-state index contributed by atoms with van der Waals surface area (Å²) in [5.74, 6) is 1.05. The number of hydrogen-bond donors (Lipinski definition) is 1. The topological polar surface area (TPSA) is 49.4 Å². The Hall–Kier alpha value is -0.710. The summed E-state index contributed by atoms with van der Waals surface area (Å²) >= 11 is 1.73. The molecular formula is C16H30N2O2S. The summed E-state index contributed by atoms with van der Waals surface area (Å²) in [7, 11) is 0. The first-order valence-electron chi connectivity index (χ1n) is 7.76. The highest BCUT2D eigenvalue weighted by Crippen LogP contribution is 2.30. The minimum Gasteiger partial charge on any atom is -0.342 e. The van der Waals surface area contributed by atoms with Gasteiger partial charge in [0.1, 0.15) is 12.1 Å². The van der Waals surface area contributed by atoms with Crippen molar-refractivity contribution >= 4 is 23.6 Å². The molecule has 1 rings (SSSR count). The smallest absolute Gasteiger partial charge is 0.246 e. The fourth-order valence-corrected chi connectivity index (χ4v) is 3.69. The second-order valence-electron chi connectivity index (χ2n) is 7.26. The zero-order chi connectivity index (χ0) is 16.4. The molecule has 0 aliphatic carbocycles. The molecule has 1 aliphatic rings. The third-order valence-corrected chi connectivity index (χ3v) is 4.80. The maximum absolute atomic E-state index is 13.0. The van der Waals surface area contributed by atoms with Crippen LogP contribution in [0.3, 0.4) is 0 Å². The van der Waals surface area contributed by atoms with Crippen LogP contribution in [0.15, 0.2) is 0 Å². The summed E-state index contributed by atoms with van der Waals surface area (Å²) in [4.78, 5) is 27.4. The third kappa shape index (κ3) is 3.93. The fourth-order valence-electron chi connectivity index (χ4n) is 2.91. The molecule has 1 saturated heterocycles. The summed E-state index contributed by atoms with van der Waals surface area (Å²) in [6, 6.07) is -0.667. The van der Waals surface area contributed by atoms with Gasteiger partial charge in [-0.05, 0) is 24.0 Å². The van der Waals surface area contributed by atoms with Crippen LogP contribution >= 0.6 is 11.8 Å². The predicted molar refractivity (Wildman–Crippen MR) is 89.3 cm³/mol. The lowest BCUT2D eigenvalue weighted by molar-refractivity contribution is -0.156. The Bertz CT molecular complexity index is 390. The predicted octanol–water partition coefficient (Wildman–Crippen LogP) is 2.53. The lowest BCUT2D eigenvalue weighted by Crippen LogP contribution is -2.70. The van der Waals surface area contributed by atoms with Crippen molar-refractivity contribution in [3.05, 3.63) is 0 Å². The monoisotopic (exact) mass is 314 g/mol. The number of carbonyl (C=O) groups is 2. The van der Waals surface area contributed by atoms with Gasteiger partial charge in [0.2, 0.25) is 11.8 Å². The second-order valence-corrected chi connectivity index (χ2v) is 8.17. The summed E-state index contributed by atoms with van der Waals surface area (Å²) in [5.41, 5.74) is -0.273. The van der Waals surface area contributed by atoms with Gasteiger partial charge in [0.05, 0.1) is 0 Å². The molecule has 0 aromatic rings. The number of amides is 2. The van der Waals surface area contributed by atoms with Crippen molar-refractivity contribution in [2.75, 3.05) is 12.0 Å². The number of nitrogens with one attached hydrogen (secondary N) is 1. The van der Waals surface area contributed by atoms with Gasteiger partial charge in [0, 0.05) is 11.8 Å². The Morgan fingerprint density at radius 3 is 2.24 bits per heavy atom. The maximum atomic E-state index is 13.0. The van der Waals surface area contributed by atoms with E-state index in [1.54, 1.807) is 11.8 Å². The highest BCUT2D eigenvalue weighted by atomic mass is 32.2. The van der Waals surface area contributed by atoms with Crippen molar-refractivity contribution in [1.82, 2.24) is 10.2 Å². The van der Waals surface area contributed by atoms with E-state index in [1.807, 2.05) is 45.8 Å². The van der Waals surface area contributed by atoms with Crippen LogP contribution < -0.4 is 5.32 Å². The minimum atomic E-state index is -0.434.